The highest BCUT2D eigenvalue weighted by atomic mass is 32.1. The number of carbonyl (C=O) groups is 2. The van der Waals surface area contributed by atoms with Crippen LogP contribution >= 0.6 is 11.3 Å². The maximum Gasteiger partial charge on any atom is 0.323 e. The summed E-state index contributed by atoms with van der Waals surface area (Å²) in [5.74, 6) is 0.879. The lowest BCUT2D eigenvalue weighted by Gasteiger charge is -2.16. The summed E-state index contributed by atoms with van der Waals surface area (Å²) in [6.07, 6.45) is 5.16. The summed E-state index contributed by atoms with van der Waals surface area (Å²) in [7, 11) is 0. The van der Waals surface area contributed by atoms with Gasteiger partial charge in [0.25, 0.3) is 5.91 Å². The van der Waals surface area contributed by atoms with Crippen LogP contribution < -0.4 is 0 Å². The summed E-state index contributed by atoms with van der Waals surface area (Å²) >= 11 is 1.33. The Bertz CT molecular complexity index is 636. The van der Waals surface area contributed by atoms with Crippen LogP contribution in [0.4, 0.5) is 0 Å². The molecule has 1 aromatic heterocycles. The van der Waals surface area contributed by atoms with Crippen molar-refractivity contribution in [3.05, 3.63) is 35.2 Å². The summed E-state index contributed by atoms with van der Waals surface area (Å²) < 4.78 is 0.988. The maximum absolute atomic E-state index is 12.2. The first-order chi connectivity index (χ1) is 9.11. The zero-order valence-electron chi connectivity index (χ0n) is 10.00. The highest BCUT2D eigenvalue weighted by molar-refractivity contribution is 7.20. The predicted molar refractivity (Wildman–Crippen MR) is 74.2 cm³/mol. The van der Waals surface area contributed by atoms with Crippen LogP contribution in [0.3, 0.4) is 0 Å². The van der Waals surface area contributed by atoms with E-state index in [1.54, 1.807) is 6.07 Å². The van der Waals surface area contributed by atoms with E-state index in [9.17, 15) is 9.59 Å². The molecule has 0 saturated heterocycles. The molecule has 0 atom stereocenters. The lowest BCUT2D eigenvalue weighted by atomic mass is 10.2. The van der Waals surface area contributed by atoms with E-state index in [2.05, 4.69) is 5.92 Å². The molecule has 1 N–H and O–H groups in total. The molecule has 4 nitrogen and oxygen atoms in total. The molecular formula is C14H11NO3S. The molecular weight excluding hydrogens is 262 g/mol. The topological polar surface area (TPSA) is 57.6 Å². The summed E-state index contributed by atoms with van der Waals surface area (Å²) in [5, 5.41) is 9.75. The number of amides is 1. The Morgan fingerprint density at radius 2 is 2.11 bits per heavy atom. The van der Waals surface area contributed by atoms with E-state index in [0.29, 0.717) is 4.88 Å². The van der Waals surface area contributed by atoms with Crippen molar-refractivity contribution in [1.82, 2.24) is 4.90 Å². The van der Waals surface area contributed by atoms with E-state index in [0.717, 1.165) is 15.0 Å². The van der Waals surface area contributed by atoms with Crippen LogP contribution in [0.15, 0.2) is 30.3 Å². The number of terminal acetylenes is 1. The van der Waals surface area contributed by atoms with Crippen molar-refractivity contribution in [1.29, 1.82) is 0 Å². The van der Waals surface area contributed by atoms with Crippen molar-refractivity contribution in [2.45, 2.75) is 0 Å². The average molecular weight is 273 g/mol. The first-order valence-corrected chi connectivity index (χ1v) is 6.36. The third kappa shape index (κ3) is 2.92. The highest BCUT2D eigenvalue weighted by Crippen LogP contribution is 2.26. The Morgan fingerprint density at radius 3 is 2.74 bits per heavy atom. The van der Waals surface area contributed by atoms with Crippen molar-refractivity contribution >= 4 is 33.3 Å². The van der Waals surface area contributed by atoms with Gasteiger partial charge in [-0.05, 0) is 17.5 Å². The number of hydrogen-bond acceptors (Lipinski definition) is 3. The highest BCUT2D eigenvalue weighted by Gasteiger charge is 2.19. The van der Waals surface area contributed by atoms with Crippen LogP contribution in [-0.4, -0.2) is 35.0 Å². The Balaban J connectivity index is 2.30. The lowest BCUT2D eigenvalue weighted by Crippen LogP contribution is -2.35. The lowest BCUT2D eigenvalue weighted by molar-refractivity contribution is -0.137. The fourth-order valence-corrected chi connectivity index (χ4v) is 2.75. The Kier molecular flexibility index (Phi) is 3.83. The van der Waals surface area contributed by atoms with E-state index in [-0.39, 0.29) is 12.5 Å². The van der Waals surface area contributed by atoms with Gasteiger partial charge in [0, 0.05) is 4.70 Å². The molecule has 0 aliphatic carbocycles. The fraction of sp³-hybridized carbons (Fsp3) is 0.143. The second-order valence-corrected chi connectivity index (χ2v) is 4.99. The van der Waals surface area contributed by atoms with E-state index < -0.39 is 12.5 Å². The third-order valence-electron chi connectivity index (χ3n) is 2.53. The number of hydrogen-bond donors (Lipinski definition) is 1. The van der Waals surface area contributed by atoms with Crippen molar-refractivity contribution in [3.63, 3.8) is 0 Å². The number of aliphatic carboxylic acids is 1. The van der Waals surface area contributed by atoms with Gasteiger partial charge in [-0.3, -0.25) is 9.59 Å². The monoisotopic (exact) mass is 273 g/mol. The van der Waals surface area contributed by atoms with Gasteiger partial charge < -0.3 is 10.0 Å². The molecule has 19 heavy (non-hydrogen) atoms. The average Bonchev–Trinajstić information content (AvgIpc) is 2.80. The molecule has 0 aliphatic rings. The van der Waals surface area contributed by atoms with Crippen LogP contribution in [0.25, 0.3) is 10.1 Å². The molecule has 1 aromatic carbocycles. The molecule has 96 valence electrons. The number of thiophene rings is 1. The van der Waals surface area contributed by atoms with Crippen molar-refractivity contribution in [2.75, 3.05) is 13.1 Å². The first-order valence-electron chi connectivity index (χ1n) is 5.55. The fourth-order valence-electron chi connectivity index (χ4n) is 1.72. The molecule has 2 rings (SSSR count). The minimum absolute atomic E-state index is 0.0145. The van der Waals surface area contributed by atoms with Gasteiger partial charge >= 0.3 is 5.97 Å². The number of carbonyl (C=O) groups excluding carboxylic acids is 1. The molecule has 2 aromatic rings. The molecule has 0 radical (unpaired) electrons. The quantitative estimate of drug-likeness (QED) is 0.867. The zero-order chi connectivity index (χ0) is 13.8. The minimum atomic E-state index is -1.08. The first kappa shape index (κ1) is 13.1. The Hall–Kier alpha value is -2.32. The molecule has 0 spiro atoms. The number of nitrogens with zero attached hydrogens (tertiary/aromatic N) is 1. The summed E-state index contributed by atoms with van der Waals surface area (Å²) in [6.45, 7) is -0.406. The molecule has 5 heteroatoms. The predicted octanol–water partition coefficient (Wildman–Crippen LogP) is 2.06. The second kappa shape index (κ2) is 5.55. The van der Waals surface area contributed by atoms with Gasteiger partial charge in [-0.25, -0.2) is 0 Å². The normalized spacial score (nSPS) is 10.1. The van der Waals surface area contributed by atoms with Crippen molar-refractivity contribution < 1.29 is 14.7 Å². The zero-order valence-corrected chi connectivity index (χ0v) is 10.8. The van der Waals surface area contributed by atoms with E-state index in [4.69, 9.17) is 11.5 Å². The van der Waals surface area contributed by atoms with Gasteiger partial charge in [0.15, 0.2) is 0 Å². The summed E-state index contributed by atoms with van der Waals surface area (Å²) in [6, 6.07) is 9.36. The van der Waals surface area contributed by atoms with Crippen LogP contribution in [0.5, 0.6) is 0 Å². The number of fused-ring (bicyclic) bond motifs is 1. The van der Waals surface area contributed by atoms with Gasteiger partial charge in [-0.15, -0.1) is 17.8 Å². The number of rotatable bonds is 4. The SMILES string of the molecule is C#CCN(CC(=O)O)C(=O)c1cc2ccccc2s1. The molecule has 0 fully saturated rings. The van der Waals surface area contributed by atoms with Crippen LogP contribution in [0.1, 0.15) is 9.67 Å². The molecule has 0 bridgehead atoms. The van der Waals surface area contributed by atoms with Crippen molar-refractivity contribution in [3.8, 4) is 12.3 Å². The molecule has 1 amide bonds. The van der Waals surface area contributed by atoms with E-state index in [1.807, 2.05) is 24.3 Å². The van der Waals surface area contributed by atoms with Gasteiger partial charge in [-0.1, -0.05) is 24.1 Å². The van der Waals surface area contributed by atoms with Crippen molar-refractivity contribution in [2.24, 2.45) is 0 Å². The standard InChI is InChI=1S/C14H11NO3S/c1-2-7-15(9-13(16)17)14(18)12-8-10-5-3-4-6-11(10)19-12/h1,3-6,8H,7,9H2,(H,16,17). The maximum atomic E-state index is 12.2. The third-order valence-corrected chi connectivity index (χ3v) is 3.64. The van der Waals surface area contributed by atoms with Crippen LogP contribution in [-0.2, 0) is 4.79 Å². The molecule has 0 saturated carbocycles. The minimum Gasteiger partial charge on any atom is -0.480 e. The van der Waals surface area contributed by atoms with Gasteiger partial charge in [-0.2, -0.15) is 0 Å². The Labute approximate surface area is 114 Å². The second-order valence-electron chi connectivity index (χ2n) is 3.91. The van der Waals surface area contributed by atoms with E-state index in [1.165, 1.54) is 11.3 Å². The van der Waals surface area contributed by atoms with Crippen LogP contribution in [0.2, 0.25) is 0 Å². The number of carboxylic acid groups (broad SMARTS) is 1. The molecule has 0 unspecified atom stereocenters. The Morgan fingerprint density at radius 1 is 1.37 bits per heavy atom. The largest absolute Gasteiger partial charge is 0.480 e. The number of carboxylic acids is 1. The smallest absolute Gasteiger partial charge is 0.323 e. The van der Waals surface area contributed by atoms with Gasteiger partial charge in [0.2, 0.25) is 0 Å². The number of benzene rings is 1. The van der Waals surface area contributed by atoms with Gasteiger partial charge in [0.1, 0.15) is 6.54 Å². The van der Waals surface area contributed by atoms with E-state index >= 15 is 0 Å². The van der Waals surface area contributed by atoms with Crippen LogP contribution in [0, 0.1) is 12.3 Å². The molecule has 0 aliphatic heterocycles. The summed E-state index contributed by atoms with van der Waals surface area (Å²) in [5.41, 5.74) is 0. The van der Waals surface area contributed by atoms with Gasteiger partial charge in [0.05, 0.1) is 11.4 Å². The summed E-state index contributed by atoms with van der Waals surface area (Å²) in [4.78, 5) is 24.6. The molecule has 1 heterocycles.